The fraction of sp³-hybridized carbons (Fsp3) is 0.600. The second-order valence-electron chi connectivity index (χ2n) is 7.61. The first-order valence-corrected chi connectivity index (χ1v) is 9.48. The van der Waals surface area contributed by atoms with E-state index in [0.29, 0.717) is 18.0 Å². The summed E-state index contributed by atoms with van der Waals surface area (Å²) in [6, 6.07) is 9.22. The molecule has 25 heavy (non-hydrogen) atoms. The number of rotatable bonds is 6. The smallest absolute Gasteiger partial charge is 0.223 e. The third-order valence-electron chi connectivity index (χ3n) is 5.92. The van der Waals surface area contributed by atoms with Crippen LogP contribution in [0.25, 0.3) is 0 Å². The first kappa shape index (κ1) is 16.6. The zero-order valence-electron chi connectivity index (χ0n) is 14.5. The molecule has 1 heterocycles. The Bertz CT molecular complexity index is 671. The lowest BCUT2D eigenvalue weighted by Crippen LogP contribution is -2.46. The maximum Gasteiger partial charge on any atom is 0.223 e. The average molecular weight is 342 g/mol. The van der Waals surface area contributed by atoms with Crippen LogP contribution in [0.2, 0.25) is 0 Å². The highest BCUT2D eigenvalue weighted by molar-refractivity contribution is 5.86. The number of nitrogens with one attached hydrogen (secondary N) is 1. The Morgan fingerprint density at radius 1 is 1.12 bits per heavy atom. The van der Waals surface area contributed by atoms with Crippen molar-refractivity contribution >= 4 is 17.4 Å². The highest BCUT2D eigenvalue weighted by Gasteiger charge is 2.47. The van der Waals surface area contributed by atoms with Gasteiger partial charge in [-0.2, -0.15) is 0 Å². The standard InChI is InChI=1S/C20H26N2O3/c23-12-14(24)10-11-19(25)22(13-8-9-13)20-15-4-1-2-6-17(15)21-18-7-3-5-16(18)20/h1-2,4,6,13,16,18,20-21,23H,3,5,7-12H2. The monoisotopic (exact) mass is 342 g/mol. The number of anilines is 1. The van der Waals surface area contributed by atoms with Gasteiger partial charge in [0.05, 0.1) is 6.04 Å². The van der Waals surface area contributed by atoms with Crippen LogP contribution >= 0.6 is 0 Å². The molecule has 0 saturated heterocycles. The summed E-state index contributed by atoms with van der Waals surface area (Å²) in [7, 11) is 0. The minimum Gasteiger partial charge on any atom is -0.389 e. The Morgan fingerprint density at radius 3 is 2.68 bits per heavy atom. The molecule has 3 atom stereocenters. The Labute approximate surface area is 148 Å². The van der Waals surface area contributed by atoms with Crippen molar-refractivity contribution in [2.75, 3.05) is 11.9 Å². The third kappa shape index (κ3) is 3.17. The number of ketones is 1. The number of aliphatic hydroxyl groups excluding tert-OH is 1. The number of hydrogen-bond donors (Lipinski definition) is 2. The van der Waals surface area contributed by atoms with Crippen molar-refractivity contribution in [3.8, 4) is 0 Å². The van der Waals surface area contributed by atoms with Crippen LogP contribution in [0.4, 0.5) is 5.69 Å². The molecule has 3 aliphatic rings. The number of aliphatic hydroxyl groups is 1. The quantitative estimate of drug-likeness (QED) is 0.834. The van der Waals surface area contributed by atoms with Crippen LogP contribution in [0.1, 0.15) is 56.6 Å². The summed E-state index contributed by atoms with van der Waals surface area (Å²) >= 11 is 0. The molecule has 1 aromatic carbocycles. The van der Waals surface area contributed by atoms with E-state index >= 15 is 0 Å². The molecule has 3 unspecified atom stereocenters. The molecule has 5 heteroatoms. The summed E-state index contributed by atoms with van der Waals surface area (Å²) < 4.78 is 0. The van der Waals surface area contributed by atoms with Gasteiger partial charge < -0.3 is 15.3 Å². The first-order chi connectivity index (χ1) is 12.2. The topological polar surface area (TPSA) is 69.6 Å². The van der Waals surface area contributed by atoms with Gasteiger partial charge in [-0.25, -0.2) is 0 Å². The van der Waals surface area contributed by atoms with E-state index in [1.807, 2.05) is 12.1 Å². The van der Waals surface area contributed by atoms with Crippen molar-refractivity contribution < 1.29 is 14.7 Å². The predicted molar refractivity (Wildman–Crippen MR) is 95.1 cm³/mol. The van der Waals surface area contributed by atoms with Crippen molar-refractivity contribution in [2.45, 2.75) is 63.1 Å². The summed E-state index contributed by atoms with van der Waals surface area (Å²) in [6.07, 6.45) is 5.96. The Balaban J connectivity index is 1.63. The largest absolute Gasteiger partial charge is 0.389 e. The van der Waals surface area contributed by atoms with Crippen molar-refractivity contribution in [1.82, 2.24) is 4.90 Å². The molecule has 2 saturated carbocycles. The summed E-state index contributed by atoms with van der Waals surface area (Å²) in [4.78, 5) is 26.6. The molecular weight excluding hydrogens is 316 g/mol. The Hall–Kier alpha value is -1.88. The maximum absolute atomic E-state index is 13.0. The predicted octanol–water partition coefficient (Wildman–Crippen LogP) is 2.65. The summed E-state index contributed by atoms with van der Waals surface area (Å²) in [6.45, 7) is -0.475. The van der Waals surface area contributed by atoms with Gasteiger partial charge in [-0.15, -0.1) is 0 Å². The fourth-order valence-electron chi connectivity index (χ4n) is 4.61. The number of Topliss-reactive ketones (excluding diaryl/α,β-unsaturated/α-hetero) is 1. The summed E-state index contributed by atoms with van der Waals surface area (Å²) in [5.41, 5.74) is 2.37. The number of fused-ring (bicyclic) bond motifs is 2. The van der Waals surface area contributed by atoms with Gasteiger partial charge in [0.1, 0.15) is 6.61 Å². The van der Waals surface area contributed by atoms with Gasteiger partial charge in [-0.1, -0.05) is 24.6 Å². The van der Waals surface area contributed by atoms with E-state index in [1.165, 1.54) is 12.0 Å². The number of carbonyl (C=O) groups is 2. The van der Waals surface area contributed by atoms with Crippen LogP contribution in [0.3, 0.4) is 0 Å². The van der Waals surface area contributed by atoms with Crippen LogP contribution in [0.15, 0.2) is 24.3 Å². The molecule has 0 spiro atoms. The van der Waals surface area contributed by atoms with E-state index in [-0.39, 0.29) is 30.6 Å². The summed E-state index contributed by atoms with van der Waals surface area (Å²) in [5.74, 6) is 0.262. The third-order valence-corrected chi connectivity index (χ3v) is 5.92. The van der Waals surface area contributed by atoms with Crippen LogP contribution in [-0.2, 0) is 9.59 Å². The molecule has 0 bridgehead atoms. The van der Waals surface area contributed by atoms with Crippen molar-refractivity contribution in [3.05, 3.63) is 29.8 Å². The molecular formula is C20H26N2O3. The van der Waals surface area contributed by atoms with Gasteiger partial charge in [0, 0.05) is 36.5 Å². The van der Waals surface area contributed by atoms with Gasteiger partial charge in [0.15, 0.2) is 5.78 Å². The highest BCUT2D eigenvalue weighted by Crippen LogP contribution is 2.50. The van der Waals surface area contributed by atoms with Crippen LogP contribution < -0.4 is 5.32 Å². The molecule has 1 aliphatic heterocycles. The molecule has 4 rings (SSSR count). The van der Waals surface area contributed by atoms with Gasteiger partial charge in [0.2, 0.25) is 5.91 Å². The lowest BCUT2D eigenvalue weighted by Gasteiger charge is -2.43. The second-order valence-corrected chi connectivity index (χ2v) is 7.61. The van der Waals surface area contributed by atoms with Crippen LogP contribution in [0.5, 0.6) is 0 Å². The molecule has 0 aromatic heterocycles. The first-order valence-electron chi connectivity index (χ1n) is 9.48. The second kappa shape index (κ2) is 6.79. The van der Waals surface area contributed by atoms with Gasteiger partial charge in [0.25, 0.3) is 0 Å². The number of benzene rings is 1. The zero-order valence-corrected chi connectivity index (χ0v) is 14.5. The van der Waals surface area contributed by atoms with E-state index in [9.17, 15) is 9.59 Å². The van der Waals surface area contributed by atoms with Crippen LogP contribution in [0, 0.1) is 5.92 Å². The van der Waals surface area contributed by atoms with E-state index in [4.69, 9.17) is 5.11 Å². The lowest BCUT2D eigenvalue weighted by atomic mass is 9.82. The highest BCUT2D eigenvalue weighted by atomic mass is 16.3. The normalized spacial score (nSPS) is 27.2. The minimum absolute atomic E-state index is 0.0663. The molecule has 5 nitrogen and oxygen atoms in total. The van der Waals surface area contributed by atoms with Crippen molar-refractivity contribution in [1.29, 1.82) is 0 Å². The molecule has 134 valence electrons. The molecule has 1 amide bonds. The summed E-state index contributed by atoms with van der Waals surface area (Å²) in [5, 5.41) is 12.6. The van der Waals surface area contributed by atoms with E-state index in [1.54, 1.807) is 0 Å². The number of amides is 1. The van der Waals surface area contributed by atoms with E-state index in [2.05, 4.69) is 22.3 Å². The van der Waals surface area contributed by atoms with Gasteiger partial charge in [-0.05, 0) is 37.3 Å². The molecule has 2 aliphatic carbocycles. The fourth-order valence-corrected chi connectivity index (χ4v) is 4.61. The Morgan fingerprint density at radius 2 is 1.92 bits per heavy atom. The van der Waals surface area contributed by atoms with E-state index < -0.39 is 6.61 Å². The minimum atomic E-state index is -0.475. The van der Waals surface area contributed by atoms with Crippen molar-refractivity contribution in [2.24, 2.45) is 5.92 Å². The molecule has 0 radical (unpaired) electrons. The van der Waals surface area contributed by atoms with Gasteiger partial charge >= 0.3 is 0 Å². The lowest BCUT2D eigenvalue weighted by molar-refractivity contribution is -0.137. The molecule has 2 fully saturated rings. The SMILES string of the molecule is O=C(CO)CCC(=O)N(C1CC1)C1c2ccccc2NC2CCCC21. The maximum atomic E-state index is 13.0. The molecule has 2 N–H and O–H groups in total. The van der Waals surface area contributed by atoms with Crippen LogP contribution in [-0.4, -0.2) is 40.4 Å². The number of carbonyl (C=O) groups excluding carboxylic acids is 2. The van der Waals surface area contributed by atoms with E-state index in [0.717, 1.165) is 31.4 Å². The van der Waals surface area contributed by atoms with Crippen molar-refractivity contribution in [3.63, 3.8) is 0 Å². The number of para-hydroxylation sites is 1. The number of nitrogens with zero attached hydrogens (tertiary/aromatic N) is 1. The molecule has 1 aromatic rings. The zero-order chi connectivity index (χ0) is 17.4. The number of hydrogen-bond acceptors (Lipinski definition) is 4. The Kier molecular flexibility index (Phi) is 4.50. The average Bonchev–Trinajstić information content (AvgIpc) is 3.36. The van der Waals surface area contributed by atoms with Gasteiger partial charge in [-0.3, -0.25) is 9.59 Å².